The van der Waals surface area contributed by atoms with E-state index >= 15 is 0 Å². The van der Waals surface area contributed by atoms with Crippen LogP contribution in [0.25, 0.3) is 0 Å². The summed E-state index contributed by atoms with van der Waals surface area (Å²) >= 11 is 9.02. The fourth-order valence-electron chi connectivity index (χ4n) is 1.91. The van der Waals surface area contributed by atoms with E-state index in [4.69, 9.17) is 11.6 Å². The Bertz CT molecular complexity index is 552. The molecule has 1 aliphatic rings. The lowest BCUT2D eigenvalue weighted by molar-refractivity contribution is 0.407. The van der Waals surface area contributed by atoms with Gasteiger partial charge in [0, 0.05) is 23.3 Å². The molecule has 0 amide bonds. The van der Waals surface area contributed by atoms with Crippen molar-refractivity contribution in [1.29, 1.82) is 0 Å². The molecule has 1 saturated heterocycles. The third-order valence-electron chi connectivity index (χ3n) is 2.78. The van der Waals surface area contributed by atoms with E-state index in [1.807, 2.05) is 7.05 Å². The molecule has 1 N–H and O–H groups in total. The van der Waals surface area contributed by atoms with Gasteiger partial charge in [-0.1, -0.05) is 11.6 Å². The minimum atomic E-state index is -3.62. The van der Waals surface area contributed by atoms with Gasteiger partial charge in [0.1, 0.15) is 10.0 Å². The number of aromatic nitrogens is 1. The zero-order chi connectivity index (χ0) is 13.3. The molecule has 1 aromatic heterocycles. The number of hydrogen-bond donors (Lipinski definition) is 1. The predicted octanol–water partition coefficient (Wildman–Crippen LogP) is 1.48. The molecule has 0 aliphatic carbocycles. The minimum Gasteiger partial charge on any atom is -0.305 e. The van der Waals surface area contributed by atoms with Crippen LogP contribution in [0.1, 0.15) is 6.42 Å². The van der Waals surface area contributed by atoms with Crippen LogP contribution < -0.4 is 4.72 Å². The molecule has 1 fully saturated rings. The Labute approximate surface area is 120 Å². The van der Waals surface area contributed by atoms with Crippen molar-refractivity contribution in [3.05, 3.63) is 21.9 Å². The van der Waals surface area contributed by atoms with Gasteiger partial charge >= 0.3 is 0 Å². The summed E-state index contributed by atoms with van der Waals surface area (Å²) in [6.07, 6.45) is 2.26. The van der Waals surface area contributed by atoms with Gasteiger partial charge in [-0.15, -0.1) is 0 Å². The maximum atomic E-state index is 12.2. The third kappa shape index (κ3) is 3.21. The van der Waals surface area contributed by atoms with E-state index in [0.29, 0.717) is 11.0 Å². The largest absolute Gasteiger partial charge is 0.305 e. The van der Waals surface area contributed by atoms with Crippen LogP contribution in [0, 0.1) is 0 Å². The van der Waals surface area contributed by atoms with Crippen LogP contribution in [0.15, 0.2) is 21.6 Å². The lowest BCUT2D eigenvalue weighted by Crippen LogP contribution is -2.36. The van der Waals surface area contributed by atoms with Gasteiger partial charge in [0.2, 0.25) is 10.0 Å². The molecule has 1 unspecified atom stereocenters. The maximum absolute atomic E-state index is 12.2. The zero-order valence-electron chi connectivity index (χ0n) is 9.73. The van der Waals surface area contributed by atoms with Crippen molar-refractivity contribution in [3.8, 4) is 0 Å². The molecule has 8 heteroatoms. The van der Waals surface area contributed by atoms with Gasteiger partial charge in [-0.2, -0.15) is 0 Å². The Hall–Kier alpha value is -0.210. The summed E-state index contributed by atoms with van der Waals surface area (Å²) in [6.45, 7) is 1.59. The molecule has 1 atom stereocenters. The van der Waals surface area contributed by atoms with Crippen molar-refractivity contribution in [1.82, 2.24) is 14.6 Å². The first-order valence-electron chi connectivity index (χ1n) is 5.40. The Morgan fingerprint density at radius 2 is 2.33 bits per heavy atom. The molecule has 0 spiro atoms. The van der Waals surface area contributed by atoms with E-state index in [1.54, 1.807) is 0 Å². The van der Waals surface area contributed by atoms with Gasteiger partial charge in [0.25, 0.3) is 0 Å². The van der Waals surface area contributed by atoms with Crippen LogP contribution in [0.5, 0.6) is 0 Å². The van der Waals surface area contributed by atoms with Gasteiger partial charge in [0.15, 0.2) is 0 Å². The quantitative estimate of drug-likeness (QED) is 0.835. The van der Waals surface area contributed by atoms with E-state index < -0.39 is 10.0 Å². The normalized spacial score (nSPS) is 21.4. The van der Waals surface area contributed by atoms with Crippen molar-refractivity contribution in [3.63, 3.8) is 0 Å². The average Bonchev–Trinajstić information content (AvgIpc) is 2.66. The van der Waals surface area contributed by atoms with Crippen LogP contribution in [-0.2, 0) is 10.0 Å². The number of likely N-dealkylation sites (tertiary alicyclic amines) is 1. The van der Waals surface area contributed by atoms with Crippen LogP contribution in [-0.4, -0.2) is 44.5 Å². The van der Waals surface area contributed by atoms with E-state index in [9.17, 15) is 8.42 Å². The number of nitrogens with zero attached hydrogens (tertiary/aromatic N) is 2. The van der Waals surface area contributed by atoms with Gasteiger partial charge < -0.3 is 4.90 Å². The highest BCUT2D eigenvalue weighted by Gasteiger charge is 2.27. The topological polar surface area (TPSA) is 62.3 Å². The predicted molar refractivity (Wildman–Crippen MR) is 73.2 cm³/mol. The summed E-state index contributed by atoms with van der Waals surface area (Å²) < 4.78 is 27.6. The first kappa shape index (κ1) is 14.2. The van der Waals surface area contributed by atoms with Gasteiger partial charge in [-0.25, -0.2) is 18.1 Å². The van der Waals surface area contributed by atoms with E-state index in [1.165, 1.54) is 12.3 Å². The molecular weight excluding hydrogens is 342 g/mol. The lowest BCUT2D eigenvalue weighted by Gasteiger charge is -2.14. The van der Waals surface area contributed by atoms with Crippen molar-refractivity contribution < 1.29 is 8.42 Å². The van der Waals surface area contributed by atoms with Crippen molar-refractivity contribution in [2.45, 2.75) is 17.4 Å². The summed E-state index contributed by atoms with van der Waals surface area (Å²) in [7, 11) is -1.66. The highest BCUT2D eigenvalue weighted by atomic mass is 79.9. The SMILES string of the molecule is CN1CCC(NS(=O)(=O)c2cc(Br)cnc2Cl)C1. The van der Waals surface area contributed by atoms with Crippen molar-refractivity contribution in [2.24, 2.45) is 0 Å². The van der Waals surface area contributed by atoms with Crippen LogP contribution >= 0.6 is 27.5 Å². The molecular formula is C10H13BrClN3O2S. The molecule has 0 saturated carbocycles. The number of hydrogen-bond acceptors (Lipinski definition) is 4. The van der Waals surface area contributed by atoms with Crippen molar-refractivity contribution >= 4 is 37.6 Å². The number of nitrogens with one attached hydrogen (secondary N) is 1. The second-order valence-corrected chi connectivity index (χ2v) is 7.27. The number of halogens is 2. The molecule has 0 bridgehead atoms. The summed E-state index contributed by atoms with van der Waals surface area (Å²) in [6, 6.07) is 1.38. The third-order valence-corrected chi connectivity index (χ3v) is 5.16. The number of rotatable bonds is 3. The molecule has 100 valence electrons. The van der Waals surface area contributed by atoms with Gasteiger partial charge in [-0.3, -0.25) is 0 Å². The van der Waals surface area contributed by atoms with E-state index in [2.05, 4.69) is 30.5 Å². The zero-order valence-corrected chi connectivity index (χ0v) is 12.9. The Morgan fingerprint density at radius 3 is 2.94 bits per heavy atom. The molecule has 1 aliphatic heterocycles. The number of sulfonamides is 1. The summed E-state index contributed by atoms with van der Waals surface area (Å²) in [5.41, 5.74) is 0. The minimum absolute atomic E-state index is 0.00750. The highest BCUT2D eigenvalue weighted by Crippen LogP contribution is 2.23. The Morgan fingerprint density at radius 1 is 1.61 bits per heavy atom. The van der Waals surface area contributed by atoms with Crippen LogP contribution in [0.2, 0.25) is 5.15 Å². The first-order valence-corrected chi connectivity index (χ1v) is 8.06. The first-order chi connectivity index (χ1) is 8.38. The van der Waals surface area contributed by atoms with Crippen LogP contribution in [0.3, 0.4) is 0 Å². The maximum Gasteiger partial charge on any atom is 0.243 e. The molecule has 2 rings (SSSR count). The molecule has 1 aromatic rings. The lowest BCUT2D eigenvalue weighted by atomic mass is 10.3. The average molecular weight is 355 g/mol. The molecule has 2 heterocycles. The monoisotopic (exact) mass is 353 g/mol. The fraction of sp³-hybridized carbons (Fsp3) is 0.500. The summed E-state index contributed by atoms with van der Waals surface area (Å²) in [5.74, 6) is 0. The smallest absolute Gasteiger partial charge is 0.243 e. The van der Waals surface area contributed by atoms with Crippen LogP contribution in [0.4, 0.5) is 0 Å². The second-order valence-electron chi connectivity index (χ2n) is 4.31. The van der Waals surface area contributed by atoms with Gasteiger partial charge in [-0.05, 0) is 42.0 Å². The molecule has 5 nitrogen and oxygen atoms in total. The second kappa shape index (κ2) is 5.42. The fourth-order valence-corrected chi connectivity index (χ4v) is 4.11. The van der Waals surface area contributed by atoms with E-state index in [0.717, 1.165) is 13.0 Å². The van der Waals surface area contributed by atoms with E-state index in [-0.39, 0.29) is 16.1 Å². The molecule has 0 radical (unpaired) electrons. The molecule has 18 heavy (non-hydrogen) atoms. The summed E-state index contributed by atoms with van der Waals surface area (Å²) in [5, 5.41) is -0.0166. The number of likely N-dealkylation sites (N-methyl/N-ethyl adjacent to an activating group) is 1. The highest BCUT2D eigenvalue weighted by molar-refractivity contribution is 9.10. The standard InChI is InChI=1S/C10H13BrClN3O2S/c1-15-3-2-8(6-15)14-18(16,17)9-4-7(11)5-13-10(9)12/h4-5,8,14H,2-3,6H2,1H3. The molecule has 0 aromatic carbocycles. The number of pyridine rings is 1. The Balaban J connectivity index is 2.23. The van der Waals surface area contributed by atoms with Crippen molar-refractivity contribution in [2.75, 3.05) is 20.1 Å². The summed E-state index contributed by atoms with van der Waals surface area (Å²) in [4.78, 5) is 5.91. The van der Waals surface area contributed by atoms with Gasteiger partial charge in [0.05, 0.1) is 0 Å². The Kier molecular flexibility index (Phi) is 4.28.